The lowest BCUT2D eigenvalue weighted by Crippen LogP contribution is -2.20. The minimum absolute atomic E-state index is 0.124. The summed E-state index contributed by atoms with van der Waals surface area (Å²) in [5, 5.41) is 0. The van der Waals surface area contributed by atoms with E-state index in [1.54, 1.807) is 0 Å². The standard InChI is InChI=1S/C11H14O3/c1-9(8-13-10(2)12)14-11-6-4-3-5-7-11/h3-7,9H,8H2,1-2H3/t9-/m1/s1. The summed E-state index contributed by atoms with van der Waals surface area (Å²) in [6.45, 7) is 3.52. The molecule has 0 bridgehead atoms. The quantitative estimate of drug-likeness (QED) is 0.688. The second kappa shape index (κ2) is 5.27. The molecule has 0 aliphatic carbocycles. The van der Waals surface area contributed by atoms with Gasteiger partial charge in [-0.3, -0.25) is 4.79 Å². The molecule has 0 heterocycles. The van der Waals surface area contributed by atoms with E-state index in [1.165, 1.54) is 6.92 Å². The van der Waals surface area contributed by atoms with Crippen LogP contribution in [-0.2, 0) is 9.53 Å². The van der Waals surface area contributed by atoms with Gasteiger partial charge in [0.25, 0.3) is 0 Å². The van der Waals surface area contributed by atoms with Crippen molar-refractivity contribution in [3.63, 3.8) is 0 Å². The summed E-state index contributed by atoms with van der Waals surface area (Å²) in [5.41, 5.74) is 0. The van der Waals surface area contributed by atoms with E-state index in [2.05, 4.69) is 0 Å². The zero-order chi connectivity index (χ0) is 10.4. The molecule has 0 saturated carbocycles. The fourth-order valence-electron chi connectivity index (χ4n) is 1.00. The van der Waals surface area contributed by atoms with Crippen LogP contribution in [-0.4, -0.2) is 18.7 Å². The minimum atomic E-state index is -0.284. The van der Waals surface area contributed by atoms with Crippen molar-refractivity contribution >= 4 is 5.97 Å². The zero-order valence-electron chi connectivity index (χ0n) is 8.40. The molecule has 14 heavy (non-hydrogen) atoms. The van der Waals surface area contributed by atoms with E-state index in [4.69, 9.17) is 9.47 Å². The highest BCUT2D eigenvalue weighted by Gasteiger charge is 2.04. The monoisotopic (exact) mass is 194 g/mol. The Morgan fingerprint density at radius 1 is 1.36 bits per heavy atom. The van der Waals surface area contributed by atoms with Gasteiger partial charge in [-0.2, -0.15) is 0 Å². The van der Waals surface area contributed by atoms with Gasteiger partial charge in [-0.25, -0.2) is 0 Å². The van der Waals surface area contributed by atoms with Crippen LogP contribution in [0, 0.1) is 0 Å². The zero-order valence-corrected chi connectivity index (χ0v) is 8.40. The van der Waals surface area contributed by atoms with Crippen LogP contribution in [0.15, 0.2) is 30.3 Å². The average molecular weight is 194 g/mol. The van der Waals surface area contributed by atoms with Crippen molar-refractivity contribution in [1.29, 1.82) is 0 Å². The molecule has 0 aliphatic rings. The van der Waals surface area contributed by atoms with Crippen LogP contribution in [0.3, 0.4) is 0 Å². The molecule has 1 aromatic rings. The lowest BCUT2D eigenvalue weighted by molar-refractivity contribution is -0.143. The third-order valence-electron chi connectivity index (χ3n) is 1.60. The highest BCUT2D eigenvalue weighted by molar-refractivity contribution is 5.65. The number of carbonyl (C=O) groups is 1. The van der Waals surface area contributed by atoms with Gasteiger partial charge in [-0.1, -0.05) is 18.2 Å². The molecule has 1 rings (SSSR count). The first-order chi connectivity index (χ1) is 6.68. The number of hydrogen-bond donors (Lipinski definition) is 0. The Kier molecular flexibility index (Phi) is 3.98. The second-order valence-electron chi connectivity index (χ2n) is 3.04. The van der Waals surface area contributed by atoms with Gasteiger partial charge >= 0.3 is 5.97 Å². The molecule has 0 unspecified atom stereocenters. The molecule has 1 aromatic carbocycles. The van der Waals surface area contributed by atoms with Crippen LogP contribution < -0.4 is 4.74 Å². The fourth-order valence-corrected chi connectivity index (χ4v) is 1.00. The maximum atomic E-state index is 10.5. The Morgan fingerprint density at radius 2 is 2.00 bits per heavy atom. The number of hydrogen-bond acceptors (Lipinski definition) is 3. The van der Waals surface area contributed by atoms with E-state index in [1.807, 2.05) is 37.3 Å². The Balaban J connectivity index is 2.34. The summed E-state index contributed by atoms with van der Waals surface area (Å²) < 4.78 is 10.3. The van der Waals surface area contributed by atoms with E-state index < -0.39 is 0 Å². The Hall–Kier alpha value is -1.51. The predicted octanol–water partition coefficient (Wildman–Crippen LogP) is 2.02. The maximum absolute atomic E-state index is 10.5. The second-order valence-corrected chi connectivity index (χ2v) is 3.04. The SMILES string of the molecule is CC(=O)OC[C@@H](C)Oc1ccccc1. The maximum Gasteiger partial charge on any atom is 0.302 e. The van der Waals surface area contributed by atoms with Crippen LogP contribution >= 0.6 is 0 Å². The van der Waals surface area contributed by atoms with E-state index in [9.17, 15) is 4.79 Å². The predicted molar refractivity (Wildman–Crippen MR) is 53.2 cm³/mol. The number of para-hydroxylation sites is 1. The van der Waals surface area contributed by atoms with Crippen LogP contribution in [0.25, 0.3) is 0 Å². The van der Waals surface area contributed by atoms with Gasteiger partial charge < -0.3 is 9.47 Å². The summed E-state index contributed by atoms with van der Waals surface area (Å²) >= 11 is 0. The molecular formula is C11H14O3. The summed E-state index contributed by atoms with van der Waals surface area (Å²) in [6.07, 6.45) is -0.124. The molecule has 0 amide bonds. The average Bonchev–Trinajstić information content (AvgIpc) is 2.16. The molecule has 3 nitrogen and oxygen atoms in total. The molecule has 0 N–H and O–H groups in total. The van der Waals surface area contributed by atoms with Gasteiger partial charge in [0.05, 0.1) is 0 Å². The molecule has 0 spiro atoms. The summed E-state index contributed by atoms with van der Waals surface area (Å²) in [4.78, 5) is 10.5. The summed E-state index contributed by atoms with van der Waals surface area (Å²) in [7, 11) is 0. The topological polar surface area (TPSA) is 35.5 Å². The Bertz CT molecular complexity index is 282. The molecule has 0 saturated heterocycles. The van der Waals surface area contributed by atoms with Crippen LogP contribution in [0.5, 0.6) is 5.75 Å². The lowest BCUT2D eigenvalue weighted by atomic mass is 10.3. The third-order valence-corrected chi connectivity index (χ3v) is 1.60. The molecule has 0 radical (unpaired) electrons. The van der Waals surface area contributed by atoms with E-state index in [0.29, 0.717) is 0 Å². The number of carbonyl (C=O) groups excluding carboxylic acids is 1. The molecule has 1 atom stereocenters. The van der Waals surface area contributed by atoms with Crippen molar-refractivity contribution in [2.24, 2.45) is 0 Å². The molecule has 0 aliphatic heterocycles. The number of rotatable bonds is 4. The number of ether oxygens (including phenoxy) is 2. The highest BCUT2D eigenvalue weighted by atomic mass is 16.6. The van der Waals surface area contributed by atoms with Crippen molar-refractivity contribution < 1.29 is 14.3 Å². The van der Waals surface area contributed by atoms with Gasteiger partial charge in [-0.05, 0) is 19.1 Å². The first-order valence-corrected chi connectivity index (χ1v) is 4.53. The third kappa shape index (κ3) is 3.94. The van der Waals surface area contributed by atoms with Gasteiger partial charge in [0.2, 0.25) is 0 Å². The van der Waals surface area contributed by atoms with Crippen molar-refractivity contribution in [1.82, 2.24) is 0 Å². The van der Waals surface area contributed by atoms with Crippen molar-refractivity contribution in [2.75, 3.05) is 6.61 Å². The minimum Gasteiger partial charge on any atom is -0.487 e. The molecule has 0 aromatic heterocycles. The molecule has 3 heteroatoms. The fraction of sp³-hybridized carbons (Fsp3) is 0.364. The molecule has 76 valence electrons. The number of esters is 1. The van der Waals surface area contributed by atoms with Crippen LogP contribution in [0.4, 0.5) is 0 Å². The smallest absolute Gasteiger partial charge is 0.302 e. The lowest BCUT2D eigenvalue weighted by Gasteiger charge is -2.13. The van der Waals surface area contributed by atoms with Crippen molar-refractivity contribution in [3.8, 4) is 5.75 Å². The van der Waals surface area contributed by atoms with Crippen molar-refractivity contribution in [2.45, 2.75) is 20.0 Å². The van der Waals surface area contributed by atoms with Gasteiger partial charge in [-0.15, -0.1) is 0 Å². The highest BCUT2D eigenvalue weighted by Crippen LogP contribution is 2.10. The summed E-state index contributed by atoms with van der Waals surface area (Å²) in [5.74, 6) is 0.501. The largest absolute Gasteiger partial charge is 0.487 e. The molecule has 0 fully saturated rings. The molecular weight excluding hydrogens is 180 g/mol. The Labute approximate surface area is 83.6 Å². The van der Waals surface area contributed by atoms with E-state index in [-0.39, 0.29) is 18.7 Å². The summed E-state index contributed by atoms with van der Waals surface area (Å²) in [6, 6.07) is 9.44. The first-order valence-electron chi connectivity index (χ1n) is 4.53. The van der Waals surface area contributed by atoms with E-state index >= 15 is 0 Å². The van der Waals surface area contributed by atoms with Gasteiger partial charge in [0.15, 0.2) is 0 Å². The van der Waals surface area contributed by atoms with Crippen LogP contribution in [0.2, 0.25) is 0 Å². The van der Waals surface area contributed by atoms with Crippen LogP contribution in [0.1, 0.15) is 13.8 Å². The number of benzene rings is 1. The first kappa shape index (κ1) is 10.6. The van der Waals surface area contributed by atoms with E-state index in [0.717, 1.165) is 5.75 Å². The van der Waals surface area contributed by atoms with Gasteiger partial charge in [0, 0.05) is 6.92 Å². The normalized spacial score (nSPS) is 11.9. The van der Waals surface area contributed by atoms with Gasteiger partial charge in [0.1, 0.15) is 18.5 Å². The van der Waals surface area contributed by atoms with Crippen molar-refractivity contribution in [3.05, 3.63) is 30.3 Å². The Morgan fingerprint density at radius 3 is 2.57 bits per heavy atom.